The van der Waals surface area contributed by atoms with Crippen LogP contribution in [0.2, 0.25) is 0 Å². The van der Waals surface area contributed by atoms with Gasteiger partial charge in [-0.1, -0.05) is 0 Å². The van der Waals surface area contributed by atoms with E-state index in [1.165, 1.54) is 6.92 Å². The first kappa shape index (κ1) is 15.3. The van der Waals surface area contributed by atoms with Crippen molar-refractivity contribution in [2.24, 2.45) is 0 Å². The van der Waals surface area contributed by atoms with Gasteiger partial charge in [-0.15, -0.1) is 11.8 Å². The Morgan fingerprint density at radius 2 is 2.11 bits per heavy atom. The molecule has 1 heterocycles. The number of hydrogen-bond acceptors (Lipinski definition) is 6. The predicted octanol–water partition coefficient (Wildman–Crippen LogP) is -1.43. The lowest BCUT2D eigenvalue weighted by Crippen LogP contribution is -2.54. The van der Waals surface area contributed by atoms with Crippen LogP contribution in [0.3, 0.4) is 0 Å². The normalized spacial score (nSPS) is 20.4. The second kappa shape index (κ2) is 6.43. The summed E-state index contributed by atoms with van der Waals surface area (Å²) < 4.78 is 0. The number of rotatable bonds is 5. The van der Waals surface area contributed by atoms with Crippen LogP contribution in [-0.2, 0) is 14.4 Å². The van der Waals surface area contributed by atoms with Crippen molar-refractivity contribution >= 4 is 29.6 Å². The van der Waals surface area contributed by atoms with Crippen LogP contribution in [0.1, 0.15) is 6.92 Å². The van der Waals surface area contributed by atoms with E-state index in [1.54, 1.807) is 0 Å². The summed E-state index contributed by atoms with van der Waals surface area (Å²) in [6.07, 6.45) is 0. The fourth-order valence-corrected chi connectivity index (χ4v) is 2.75. The highest BCUT2D eigenvalue weighted by molar-refractivity contribution is 8.00. The molecule has 2 atom stereocenters. The van der Waals surface area contributed by atoms with Gasteiger partial charge in [0.25, 0.3) is 0 Å². The van der Waals surface area contributed by atoms with Crippen molar-refractivity contribution in [1.82, 2.24) is 10.6 Å². The van der Waals surface area contributed by atoms with Gasteiger partial charge < -0.3 is 26.0 Å². The van der Waals surface area contributed by atoms with Crippen molar-refractivity contribution in [2.45, 2.75) is 18.3 Å². The molecule has 1 rings (SSSR count). The summed E-state index contributed by atoms with van der Waals surface area (Å²) in [5.41, 5.74) is 0.0589. The maximum atomic E-state index is 11.1. The van der Waals surface area contributed by atoms with E-state index in [2.05, 4.69) is 10.6 Å². The molecule has 0 aromatic rings. The first-order chi connectivity index (χ1) is 8.86. The molecule has 0 saturated carbocycles. The molecule has 0 bridgehead atoms. The van der Waals surface area contributed by atoms with E-state index >= 15 is 0 Å². The Morgan fingerprint density at radius 3 is 2.53 bits per heavy atom. The Labute approximate surface area is 112 Å². The lowest BCUT2D eigenvalue weighted by atomic mass is 10.2. The minimum absolute atomic E-state index is 0.180. The van der Waals surface area contributed by atoms with Crippen LogP contribution in [0.25, 0.3) is 0 Å². The predicted molar refractivity (Wildman–Crippen MR) is 66.4 cm³/mol. The summed E-state index contributed by atoms with van der Waals surface area (Å²) in [6, 6.07) is -1.25. The van der Waals surface area contributed by atoms with Crippen molar-refractivity contribution < 1.29 is 29.7 Å². The molecule has 0 aromatic carbocycles. The van der Waals surface area contributed by atoms with Gasteiger partial charge >= 0.3 is 11.9 Å². The third kappa shape index (κ3) is 3.86. The monoisotopic (exact) mass is 290 g/mol. The third-order valence-electron chi connectivity index (χ3n) is 2.41. The second-order valence-corrected chi connectivity index (χ2v) is 4.96. The van der Waals surface area contributed by atoms with Gasteiger partial charge in [0.1, 0.15) is 11.1 Å². The van der Waals surface area contributed by atoms with Crippen LogP contribution >= 0.6 is 11.8 Å². The largest absolute Gasteiger partial charge is 0.480 e. The molecule has 0 saturated heterocycles. The topological polar surface area (TPSA) is 136 Å². The summed E-state index contributed by atoms with van der Waals surface area (Å²) >= 11 is 1.11. The molecule has 106 valence electrons. The fraction of sp³-hybridized carbons (Fsp3) is 0.500. The number of carboxylic acid groups (broad SMARTS) is 2. The minimum Gasteiger partial charge on any atom is -0.480 e. The number of carbonyl (C=O) groups is 3. The highest BCUT2D eigenvalue weighted by atomic mass is 32.2. The minimum atomic E-state index is -1.28. The lowest BCUT2D eigenvalue weighted by Gasteiger charge is -2.30. The highest BCUT2D eigenvalue weighted by Gasteiger charge is 2.34. The first-order valence-corrected chi connectivity index (χ1v) is 6.36. The Hall–Kier alpha value is -1.74. The molecule has 0 aliphatic carbocycles. The van der Waals surface area contributed by atoms with Crippen LogP contribution in [0.4, 0.5) is 0 Å². The van der Waals surface area contributed by atoms with E-state index in [4.69, 9.17) is 15.3 Å². The van der Waals surface area contributed by atoms with Gasteiger partial charge in [-0.3, -0.25) is 4.79 Å². The zero-order valence-corrected chi connectivity index (χ0v) is 10.9. The number of amides is 1. The van der Waals surface area contributed by atoms with E-state index in [9.17, 15) is 14.4 Å². The zero-order chi connectivity index (χ0) is 14.6. The molecule has 0 aromatic heterocycles. The summed E-state index contributed by atoms with van der Waals surface area (Å²) in [4.78, 5) is 33.0. The maximum Gasteiger partial charge on any atom is 0.352 e. The van der Waals surface area contributed by atoms with Crippen molar-refractivity contribution in [3.8, 4) is 0 Å². The van der Waals surface area contributed by atoms with Crippen LogP contribution in [0.5, 0.6) is 0 Å². The number of thioether (sulfide) groups is 1. The molecule has 0 unspecified atom stereocenters. The highest BCUT2D eigenvalue weighted by Crippen LogP contribution is 2.24. The van der Waals surface area contributed by atoms with Crippen LogP contribution < -0.4 is 10.6 Å². The van der Waals surface area contributed by atoms with Gasteiger partial charge in [-0.25, -0.2) is 9.59 Å². The average Bonchev–Trinajstić information content (AvgIpc) is 2.34. The van der Waals surface area contributed by atoms with Crippen molar-refractivity contribution in [3.05, 3.63) is 11.3 Å². The van der Waals surface area contributed by atoms with E-state index < -0.39 is 35.9 Å². The molecule has 19 heavy (non-hydrogen) atoms. The number of aliphatic hydroxyl groups excluding tert-OH is 1. The van der Waals surface area contributed by atoms with Crippen molar-refractivity contribution in [3.63, 3.8) is 0 Å². The third-order valence-corrected chi connectivity index (χ3v) is 3.67. The van der Waals surface area contributed by atoms with Gasteiger partial charge in [0.15, 0.2) is 6.04 Å². The fourth-order valence-electron chi connectivity index (χ4n) is 1.55. The van der Waals surface area contributed by atoms with Gasteiger partial charge in [-0.05, 0) is 5.57 Å². The Balaban J connectivity index is 2.92. The SMILES string of the molecule is CC(=O)N[C@H](C(=O)O)[C@@H]1NC(C(=O)O)=C(CO)CS1. The van der Waals surface area contributed by atoms with E-state index in [1.807, 2.05) is 0 Å². The van der Waals surface area contributed by atoms with Gasteiger partial charge in [0, 0.05) is 12.7 Å². The number of aliphatic hydroxyl groups is 1. The molecule has 1 amide bonds. The van der Waals surface area contributed by atoms with Crippen molar-refractivity contribution in [2.75, 3.05) is 12.4 Å². The van der Waals surface area contributed by atoms with Gasteiger partial charge in [-0.2, -0.15) is 0 Å². The van der Waals surface area contributed by atoms with Crippen LogP contribution in [-0.4, -0.2) is 56.9 Å². The molecular formula is C10H14N2O6S. The summed E-state index contributed by atoms with van der Waals surface area (Å²) in [5, 5.41) is 31.0. The Bertz CT molecular complexity index is 436. The molecular weight excluding hydrogens is 276 g/mol. The molecule has 8 nitrogen and oxygen atoms in total. The summed E-state index contributed by atoms with van der Waals surface area (Å²) in [6.45, 7) is 0.753. The molecule has 0 radical (unpaired) electrons. The first-order valence-electron chi connectivity index (χ1n) is 5.31. The quantitative estimate of drug-likeness (QED) is 0.416. The summed E-state index contributed by atoms with van der Waals surface area (Å²) in [7, 11) is 0. The zero-order valence-electron chi connectivity index (χ0n) is 10.0. The Kier molecular flexibility index (Phi) is 5.19. The molecule has 1 aliphatic heterocycles. The smallest absolute Gasteiger partial charge is 0.352 e. The number of carboxylic acids is 2. The van der Waals surface area contributed by atoms with E-state index in [0.29, 0.717) is 0 Å². The standard InChI is InChI=1S/C10H14N2O6S/c1-4(14)11-7(10(17)18)8-12-6(9(15)16)5(2-13)3-19-8/h7-8,12-13H,2-3H2,1H3,(H,11,14)(H,15,16)(H,17,18)/t7-,8+/m0/s1. The average molecular weight is 290 g/mol. The molecule has 9 heteroatoms. The second-order valence-electron chi connectivity index (χ2n) is 3.83. The molecule has 5 N–H and O–H groups in total. The van der Waals surface area contributed by atoms with Crippen molar-refractivity contribution in [1.29, 1.82) is 0 Å². The van der Waals surface area contributed by atoms with E-state index in [0.717, 1.165) is 11.8 Å². The molecule has 1 aliphatic rings. The van der Waals surface area contributed by atoms with Gasteiger partial charge in [0.2, 0.25) is 5.91 Å². The number of aliphatic carboxylic acids is 2. The molecule has 0 spiro atoms. The summed E-state index contributed by atoms with van der Waals surface area (Å²) in [5.74, 6) is -2.89. The Morgan fingerprint density at radius 1 is 1.47 bits per heavy atom. The van der Waals surface area contributed by atoms with Gasteiger partial charge in [0.05, 0.1) is 6.61 Å². The maximum absolute atomic E-state index is 11.1. The molecule has 0 fully saturated rings. The lowest BCUT2D eigenvalue weighted by molar-refractivity contribution is -0.142. The van der Waals surface area contributed by atoms with Crippen LogP contribution in [0.15, 0.2) is 11.3 Å². The number of hydrogen-bond donors (Lipinski definition) is 5. The number of nitrogens with one attached hydrogen (secondary N) is 2. The number of carbonyl (C=O) groups excluding carboxylic acids is 1. The van der Waals surface area contributed by atoms with Crippen LogP contribution in [0, 0.1) is 0 Å². The van der Waals surface area contributed by atoms with E-state index in [-0.39, 0.29) is 17.0 Å².